The van der Waals surface area contributed by atoms with Gasteiger partial charge in [0.05, 0.1) is 7.11 Å². The summed E-state index contributed by atoms with van der Waals surface area (Å²) in [5.41, 5.74) is 0.518. The van der Waals surface area contributed by atoms with Crippen molar-refractivity contribution < 1.29 is 19.4 Å². The van der Waals surface area contributed by atoms with Crippen molar-refractivity contribution in [2.75, 3.05) is 12.4 Å². The minimum absolute atomic E-state index is 0.0246. The van der Waals surface area contributed by atoms with E-state index in [1.165, 1.54) is 0 Å². The number of anilines is 1. The van der Waals surface area contributed by atoms with Crippen molar-refractivity contribution in [2.45, 2.75) is 51.0 Å². The lowest BCUT2D eigenvalue weighted by molar-refractivity contribution is -0.137. The van der Waals surface area contributed by atoms with E-state index in [2.05, 4.69) is 26.2 Å². The lowest BCUT2D eigenvalue weighted by Crippen LogP contribution is -2.45. The molecule has 10 heteroatoms. The second-order valence-corrected chi connectivity index (χ2v) is 7.47. The van der Waals surface area contributed by atoms with Gasteiger partial charge in [-0.15, -0.1) is 5.10 Å². The molecular formula is C18H24N6O4. The van der Waals surface area contributed by atoms with Crippen LogP contribution in [0.4, 0.5) is 10.5 Å². The van der Waals surface area contributed by atoms with Gasteiger partial charge in [-0.3, -0.25) is 4.79 Å². The van der Waals surface area contributed by atoms with Gasteiger partial charge in [-0.25, -0.2) is 4.79 Å². The van der Waals surface area contributed by atoms with E-state index in [9.17, 15) is 9.59 Å². The molecule has 1 aliphatic rings. The highest BCUT2D eigenvalue weighted by molar-refractivity contribution is 5.90. The largest absolute Gasteiger partial charge is 0.494 e. The zero-order valence-electron chi connectivity index (χ0n) is 16.1. The number of nitrogens with one attached hydrogen (secondary N) is 2. The Morgan fingerprint density at radius 2 is 2.11 bits per heavy atom. The average Bonchev–Trinajstić information content (AvgIpc) is 3.36. The molecule has 0 unspecified atom stereocenters. The van der Waals surface area contributed by atoms with Crippen LogP contribution >= 0.6 is 0 Å². The number of amides is 2. The van der Waals surface area contributed by atoms with Crippen LogP contribution in [0.3, 0.4) is 0 Å². The summed E-state index contributed by atoms with van der Waals surface area (Å²) in [7, 11) is 1.56. The third kappa shape index (κ3) is 4.76. The third-order valence-corrected chi connectivity index (χ3v) is 4.52. The number of rotatable bonds is 8. The lowest BCUT2D eigenvalue weighted by atomic mass is 9.99. The molecule has 10 nitrogen and oxygen atoms in total. The first kappa shape index (κ1) is 19.6. The predicted molar refractivity (Wildman–Crippen MR) is 101 cm³/mol. The van der Waals surface area contributed by atoms with Crippen LogP contribution in [-0.4, -0.2) is 50.0 Å². The topological polar surface area (TPSA) is 131 Å². The quantitative estimate of drug-likeness (QED) is 0.632. The van der Waals surface area contributed by atoms with Gasteiger partial charge in [0.25, 0.3) is 0 Å². The number of hydrogen-bond acceptors (Lipinski definition) is 6. The molecule has 2 amide bonds. The second-order valence-electron chi connectivity index (χ2n) is 7.47. The number of hydrogen-bond donors (Lipinski definition) is 3. The van der Waals surface area contributed by atoms with Crippen molar-refractivity contribution >= 4 is 17.7 Å². The van der Waals surface area contributed by atoms with Crippen LogP contribution in [-0.2, 0) is 4.79 Å². The first-order chi connectivity index (χ1) is 13.3. The molecule has 0 aliphatic heterocycles. The Morgan fingerprint density at radius 3 is 2.75 bits per heavy atom. The van der Waals surface area contributed by atoms with Crippen LogP contribution < -0.4 is 15.4 Å². The zero-order valence-corrected chi connectivity index (χ0v) is 16.1. The molecule has 150 valence electrons. The molecule has 3 rings (SSSR count). The van der Waals surface area contributed by atoms with Gasteiger partial charge in [-0.05, 0) is 61.7 Å². The fourth-order valence-corrected chi connectivity index (χ4v) is 2.85. The predicted octanol–water partition coefficient (Wildman–Crippen LogP) is 2.31. The van der Waals surface area contributed by atoms with Crippen molar-refractivity contribution in [3.8, 4) is 11.4 Å². The molecule has 1 fully saturated rings. The molecule has 0 atom stereocenters. The van der Waals surface area contributed by atoms with Crippen molar-refractivity contribution in [3.63, 3.8) is 0 Å². The Labute approximate surface area is 162 Å². The highest BCUT2D eigenvalue weighted by Gasteiger charge is 2.31. The maximum Gasteiger partial charge on any atom is 0.319 e. The van der Waals surface area contributed by atoms with Crippen molar-refractivity contribution in [2.24, 2.45) is 0 Å². The number of urea groups is 1. The maximum absolute atomic E-state index is 12.4. The molecule has 1 aliphatic carbocycles. The minimum Gasteiger partial charge on any atom is -0.494 e. The zero-order chi connectivity index (χ0) is 20.3. The number of carboxylic acids is 1. The molecule has 2 aromatic rings. The van der Waals surface area contributed by atoms with Gasteiger partial charge in [0.2, 0.25) is 0 Å². The van der Waals surface area contributed by atoms with Crippen LogP contribution in [0.25, 0.3) is 5.69 Å². The Balaban J connectivity index is 1.75. The van der Waals surface area contributed by atoms with E-state index in [1.54, 1.807) is 43.8 Å². The Morgan fingerprint density at radius 1 is 1.36 bits per heavy atom. The summed E-state index contributed by atoms with van der Waals surface area (Å²) in [4.78, 5) is 23.1. The molecular weight excluding hydrogens is 364 g/mol. The first-order valence-corrected chi connectivity index (χ1v) is 9.07. The van der Waals surface area contributed by atoms with E-state index in [4.69, 9.17) is 9.84 Å². The number of aromatic nitrogens is 4. The third-order valence-electron chi connectivity index (χ3n) is 4.52. The summed E-state index contributed by atoms with van der Waals surface area (Å²) in [6, 6.07) is 4.77. The molecule has 3 N–H and O–H groups in total. The number of carboxylic acid groups (broad SMARTS) is 1. The summed E-state index contributed by atoms with van der Waals surface area (Å²) in [6.45, 7) is 3.55. The molecule has 28 heavy (non-hydrogen) atoms. The number of tetrazole rings is 1. The van der Waals surface area contributed by atoms with Crippen LogP contribution in [0.1, 0.15) is 51.3 Å². The summed E-state index contributed by atoms with van der Waals surface area (Å²) < 4.78 is 7.05. The number of aliphatic carboxylic acids is 1. The molecule has 1 saturated carbocycles. The van der Waals surface area contributed by atoms with E-state index < -0.39 is 17.5 Å². The van der Waals surface area contributed by atoms with Gasteiger partial charge in [0.1, 0.15) is 11.4 Å². The first-order valence-electron chi connectivity index (χ1n) is 9.07. The Hall–Kier alpha value is -3.17. The molecule has 1 heterocycles. The van der Waals surface area contributed by atoms with Crippen molar-refractivity contribution in [1.29, 1.82) is 0 Å². The van der Waals surface area contributed by atoms with Gasteiger partial charge in [-0.1, -0.05) is 0 Å². The SMILES string of the molecule is COc1ccc(NC(=O)NC(C)(C)CCC(=O)O)cc1-n1nnnc1C1CC1. The minimum atomic E-state index is -0.900. The molecule has 0 saturated heterocycles. The summed E-state index contributed by atoms with van der Waals surface area (Å²) in [5, 5.41) is 26.3. The van der Waals surface area contributed by atoms with Gasteiger partial charge < -0.3 is 20.5 Å². The Kier molecular flexibility index (Phi) is 5.48. The molecule has 1 aromatic carbocycles. The van der Waals surface area contributed by atoms with Crippen molar-refractivity contribution in [1.82, 2.24) is 25.5 Å². The monoisotopic (exact) mass is 388 g/mol. The van der Waals surface area contributed by atoms with Crippen molar-refractivity contribution in [3.05, 3.63) is 24.0 Å². The Bertz CT molecular complexity index is 875. The number of ether oxygens (including phenoxy) is 1. The van der Waals surface area contributed by atoms with E-state index >= 15 is 0 Å². The van der Waals surface area contributed by atoms with E-state index in [0.717, 1.165) is 18.7 Å². The maximum atomic E-state index is 12.4. The second kappa shape index (κ2) is 7.83. The molecule has 1 aromatic heterocycles. The average molecular weight is 388 g/mol. The number of benzene rings is 1. The van der Waals surface area contributed by atoms with Crippen LogP contribution in [0, 0.1) is 0 Å². The van der Waals surface area contributed by atoms with Gasteiger partial charge in [-0.2, -0.15) is 4.68 Å². The highest BCUT2D eigenvalue weighted by atomic mass is 16.5. The summed E-state index contributed by atoms with van der Waals surface area (Å²) >= 11 is 0. The summed E-state index contributed by atoms with van der Waals surface area (Å²) in [6.07, 6.45) is 2.39. The van der Waals surface area contributed by atoms with Crippen LogP contribution in [0.15, 0.2) is 18.2 Å². The fraction of sp³-hybridized carbons (Fsp3) is 0.500. The highest BCUT2D eigenvalue weighted by Crippen LogP contribution is 2.40. The lowest BCUT2D eigenvalue weighted by Gasteiger charge is -2.25. The number of carbonyl (C=O) groups is 2. The standard InChI is InChI=1S/C18H24N6O4/c1-18(2,9-8-15(25)26)20-17(27)19-12-6-7-14(28-3)13(10-12)24-16(11-4-5-11)21-22-23-24/h6-7,10-11H,4-5,8-9H2,1-3H3,(H,25,26)(H2,19,20,27). The van der Waals surface area contributed by atoms with Crippen LogP contribution in [0.5, 0.6) is 5.75 Å². The molecule has 0 radical (unpaired) electrons. The number of nitrogens with zero attached hydrogens (tertiary/aromatic N) is 4. The molecule has 0 spiro atoms. The smallest absolute Gasteiger partial charge is 0.319 e. The van der Waals surface area contributed by atoms with E-state index in [-0.39, 0.29) is 6.42 Å². The van der Waals surface area contributed by atoms with Crippen LogP contribution in [0.2, 0.25) is 0 Å². The summed E-state index contributed by atoms with van der Waals surface area (Å²) in [5.74, 6) is 0.800. The fourth-order valence-electron chi connectivity index (χ4n) is 2.85. The van der Waals surface area contributed by atoms with Gasteiger partial charge in [0.15, 0.2) is 5.82 Å². The normalized spacial score (nSPS) is 13.8. The number of methoxy groups -OCH3 is 1. The van der Waals surface area contributed by atoms with E-state index in [0.29, 0.717) is 29.5 Å². The van der Waals surface area contributed by atoms with Gasteiger partial charge in [0, 0.05) is 23.6 Å². The van der Waals surface area contributed by atoms with E-state index in [1.807, 2.05) is 0 Å². The molecule has 0 bridgehead atoms. The van der Waals surface area contributed by atoms with Gasteiger partial charge >= 0.3 is 12.0 Å². The number of carbonyl (C=O) groups excluding carboxylic acids is 1.